The Morgan fingerprint density at radius 3 is 2.68 bits per heavy atom. The normalized spacial score (nSPS) is 12.4. The van der Waals surface area contributed by atoms with Gasteiger partial charge in [-0.15, -0.1) is 0 Å². The van der Waals surface area contributed by atoms with Crippen molar-refractivity contribution in [2.24, 2.45) is 0 Å². The SMILES string of the molecule is CCCc1c(N)ncnc1N(CCOC)C(C)CC. The van der Waals surface area contributed by atoms with Crippen molar-refractivity contribution in [1.29, 1.82) is 0 Å². The van der Waals surface area contributed by atoms with E-state index in [0.29, 0.717) is 18.5 Å². The van der Waals surface area contributed by atoms with Crippen LogP contribution in [0.4, 0.5) is 11.6 Å². The third-order valence-electron chi connectivity index (χ3n) is 3.39. The minimum atomic E-state index is 0.403. The predicted octanol–water partition coefficient (Wildman–Crippen LogP) is 2.26. The van der Waals surface area contributed by atoms with Gasteiger partial charge in [0.15, 0.2) is 0 Å². The summed E-state index contributed by atoms with van der Waals surface area (Å²) in [4.78, 5) is 10.8. The van der Waals surface area contributed by atoms with E-state index in [4.69, 9.17) is 10.5 Å². The highest BCUT2D eigenvalue weighted by Gasteiger charge is 2.19. The summed E-state index contributed by atoms with van der Waals surface area (Å²) in [6, 6.07) is 0.403. The molecule has 0 aliphatic carbocycles. The molecule has 5 heteroatoms. The van der Waals surface area contributed by atoms with Crippen molar-refractivity contribution < 1.29 is 4.74 Å². The van der Waals surface area contributed by atoms with E-state index in [1.807, 2.05) is 0 Å². The number of ether oxygens (including phenoxy) is 1. The maximum absolute atomic E-state index is 6.01. The third-order valence-corrected chi connectivity index (χ3v) is 3.39. The molecule has 0 aliphatic rings. The van der Waals surface area contributed by atoms with Crippen LogP contribution in [0.15, 0.2) is 6.33 Å². The highest BCUT2D eigenvalue weighted by atomic mass is 16.5. The number of nitrogens with zero attached hydrogens (tertiary/aromatic N) is 3. The van der Waals surface area contributed by atoms with Crippen molar-refractivity contribution in [2.45, 2.75) is 46.1 Å². The smallest absolute Gasteiger partial charge is 0.137 e. The summed E-state index contributed by atoms with van der Waals surface area (Å²) in [5.41, 5.74) is 7.06. The van der Waals surface area contributed by atoms with Crippen LogP contribution in [0.5, 0.6) is 0 Å². The van der Waals surface area contributed by atoms with Crippen LogP contribution in [0.2, 0.25) is 0 Å². The number of rotatable bonds is 8. The van der Waals surface area contributed by atoms with Gasteiger partial charge in [-0.1, -0.05) is 20.3 Å². The van der Waals surface area contributed by atoms with Crippen molar-refractivity contribution in [3.05, 3.63) is 11.9 Å². The lowest BCUT2D eigenvalue weighted by molar-refractivity contribution is 0.203. The van der Waals surface area contributed by atoms with Gasteiger partial charge in [0.05, 0.1) is 6.61 Å². The molecule has 1 aromatic heterocycles. The van der Waals surface area contributed by atoms with E-state index in [2.05, 4.69) is 35.6 Å². The van der Waals surface area contributed by atoms with Gasteiger partial charge in [-0.25, -0.2) is 9.97 Å². The summed E-state index contributed by atoms with van der Waals surface area (Å²) in [7, 11) is 1.72. The molecule has 2 N–H and O–H groups in total. The van der Waals surface area contributed by atoms with Crippen LogP contribution in [0.25, 0.3) is 0 Å². The largest absolute Gasteiger partial charge is 0.383 e. The van der Waals surface area contributed by atoms with E-state index < -0.39 is 0 Å². The van der Waals surface area contributed by atoms with Crippen molar-refractivity contribution in [3.63, 3.8) is 0 Å². The van der Waals surface area contributed by atoms with Gasteiger partial charge >= 0.3 is 0 Å². The molecule has 0 saturated heterocycles. The first-order valence-electron chi connectivity index (χ1n) is 7.00. The summed E-state index contributed by atoms with van der Waals surface area (Å²) in [6.07, 6.45) is 4.54. The number of nitrogen functional groups attached to an aromatic ring is 1. The predicted molar refractivity (Wildman–Crippen MR) is 79.4 cm³/mol. The quantitative estimate of drug-likeness (QED) is 0.782. The van der Waals surface area contributed by atoms with Gasteiger partial charge in [0.1, 0.15) is 18.0 Å². The fourth-order valence-electron chi connectivity index (χ4n) is 2.10. The van der Waals surface area contributed by atoms with E-state index in [1.54, 1.807) is 13.4 Å². The monoisotopic (exact) mass is 266 g/mol. The zero-order chi connectivity index (χ0) is 14.3. The third kappa shape index (κ3) is 4.06. The average molecular weight is 266 g/mol. The van der Waals surface area contributed by atoms with E-state index in [1.165, 1.54) is 0 Å². The van der Waals surface area contributed by atoms with Gasteiger partial charge in [-0.3, -0.25) is 0 Å². The summed E-state index contributed by atoms with van der Waals surface area (Å²) < 4.78 is 5.20. The summed E-state index contributed by atoms with van der Waals surface area (Å²) >= 11 is 0. The lowest BCUT2D eigenvalue weighted by Crippen LogP contribution is -2.37. The van der Waals surface area contributed by atoms with Crippen molar-refractivity contribution in [1.82, 2.24) is 9.97 Å². The Kier molecular flexibility index (Phi) is 6.56. The molecule has 0 amide bonds. The van der Waals surface area contributed by atoms with Gasteiger partial charge in [0.2, 0.25) is 0 Å². The Bertz CT molecular complexity index is 384. The molecular weight excluding hydrogens is 240 g/mol. The fourth-order valence-corrected chi connectivity index (χ4v) is 2.10. The number of aromatic nitrogens is 2. The maximum Gasteiger partial charge on any atom is 0.137 e. The van der Waals surface area contributed by atoms with Crippen LogP contribution >= 0.6 is 0 Å². The molecule has 0 aromatic carbocycles. The van der Waals surface area contributed by atoms with Crippen molar-refractivity contribution >= 4 is 11.6 Å². The van der Waals surface area contributed by atoms with Crippen molar-refractivity contribution in [2.75, 3.05) is 30.9 Å². The van der Waals surface area contributed by atoms with Crippen LogP contribution < -0.4 is 10.6 Å². The number of anilines is 2. The van der Waals surface area contributed by atoms with Gasteiger partial charge in [-0.05, 0) is 19.8 Å². The highest BCUT2D eigenvalue weighted by Crippen LogP contribution is 2.25. The summed E-state index contributed by atoms with van der Waals surface area (Å²) in [6.45, 7) is 8.01. The lowest BCUT2D eigenvalue weighted by atomic mass is 10.1. The van der Waals surface area contributed by atoms with Crippen molar-refractivity contribution in [3.8, 4) is 0 Å². The molecule has 0 radical (unpaired) electrons. The molecule has 19 heavy (non-hydrogen) atoms. The van der Waals surface area contributed by atoms with E-state index in [-0.39, 0.29) is 0 Å². The Balaban J connectivity index is 3.09. The zero-order valence-corrected chi connectivity index (χ0v) is 12.5. The molecule has 1 aromatic rings. The first kappa shape index (κ1) is 15.7. The molecule has 0 fully saturated rings. The van der Waals surface area contributed by atoms with Gasteiger partial charge in [0.25, 0.3) is 0 Å². The second kappa shape index (κ2) is 7.94. The molecule has 108 valence electrons. The molecule has 1 unspecified atom stereocenters. The minimum absolute atomic E-state index is 0.403. The fraction of sp³-hybridized carbons (Fsp3) is 0.714. The molecule has 0 aliphatic heterocycles. The van der Waals surface area contributed by atoms with E-state index in [0.717, 1.165) is 37.2 Å². The molecule has 0 saturated carbocycles. The molecule has 0 bridgehead atoms. The van der Waals surface area contributed by atoms with E-state index in [9.17, 15) is 0 Å². The number of hydrogen-bond acceptors (Lipinski definition) is 5. The molecule has 1 atom stereocenters. The second-order valence-corrected chi connectivity index (χ2v) is 4.75. The first-order valence-corrected chi connectivity index (χ1v) is 7.00. The Labute approximate surface area is 116 Å². The molecule has 0 spiro atoms. The van der Waals surface area contributed by atoms with E-state index >= 15 is 0 Å². The van der Waals surface area contributed by atoms with Crippen LogP contribution in [0.3, 0.4) is 0 Å². The highest BCUT2D eigenvalue weighted by molar-refractivity contribution is 5.57. The molecule has 1 heterocycles. The Morgan fingerprint density at radius 1 is 1.37 bits per heavy atom. The van der Waals surface area contributed by atoms with Crippen LogP contribution in [0.1, 0.15) is 39.2 Å². The molecule has 1 rings (SSSR count). The lowest BCUT2D eigenvalue weighted by Gasteiger charge is -2.31. The number of hydrogen-bond donors (Lipinski definition) is 1. The summed E-state index contributed by atoms with van der Waals surface area (Å²) in [5.74, 6) is 1.55. The Morgan fingerprint density at radius 2 is 2.11 bits per heavy atom. The molecule has 5 nitrogen and oxygen atoms in total. The minimum Gasteiger partial charge on any atom is -0.383 e. The van der Waals surface area contributed by atoms with Gasteiger partial charge < -0.3 is 15.4 Å². The zero-order valence-electron chi connectivity index (χ0n) is 12.5. The average Bonchev–Trinajstić information content (AvgIpc) is 2.42. The summed E-state index contributed by atoms with van der Waals surface area (Å²) in [5, 5.41) is 0. The van der Waals surface area contributed by atoms with Crippen LogP contribution in [0, 0.1) is 0 Å². The number of methoxy groups -OCH3 is 1. The van der Waals surface area contributed by atoms with Crippen LogP contribution in [-0.2, 0) is 11.2 Å². The Hall–Kier alpha value is -1.36. The maximum atomic E-state index is 6.01. The van der Waals surface area contributed by atoms with Gasteiger partial charge in [0, 0.05) is 25.3 Å². The molecular formula is C14H26N4O. The topological polar surface area (TPSA) is 64.3 Å². The van der Waals surface area contributed by atoms with Gasteiger partial charge in [-0.2, -0.15) is 0 Å². The first-order chi connectivity index (χ1) is 9.15. The number of nitrogens with two attached hydrogens (primary N) is 1. The second-order valence-electron chi connectivity index (χ2n) is 4.75. The van der Waals surface area contributed by atoms with Crippen LogP contribution in [-0.4, -0.2) is 36.3 Å². The standard InChI is InChI=1S/C14H26N4O/c1-5-7-12-13(15)16-10-17-14(12)18(8-9-19-4)11(3)6-2/h10-11H,5-9H2,1-4H3,(H2,15,16,17).